The molecule has 2 rings (SSSR count). The molecule has 0 saturated carbocycles. The zero-order chi connectivity index (χ0) is 22.1. The number of amides is 1. The average molecular weight is 414 g/mol. The van der Waals surface area contributed by atoms with Gasteiger partial charge in [0, 0.05) is 12.1 Å². The minimum atomic E-state index is -0.219. The van der Waals surface area contributed by atoms with E-state index in [1.807, 2.05) is 23.1 Å². The molecule has 0 bridgehead atoms. The van der Waals surface area contributed by atoms with Crippen molar-refractivity contribution in [2.75, 3.05) is 32.1 Å². The Balaban J connectivity index is 2.08. The molecule has 0 aliphatic rings. The van der Waals surface area contributed by atoms with Gasteiger partial charge in [-0.3, -0.25) is 15.0 Å². The van der Waals surface area contributed by atoms with Gasteiger partial charge in [0.05, 0.1) is 20.3 Å². The first-order valence-electron chi connectivity index (χ1n) is 10.2. The van der Waals surface area contributed by atoms with Gasteiger partial charge >= 0.3 is 0 Å². The summed E-state index contributed by atoms with van der Waals surface area (Å²) in [4.78, 5) is 14.7. The van der Waals surface area contributed by atoms with Crippen LogP contribution in [0.5, 0.6) is 11.5 Å². The number of rotatable bonds is 11. The van der Waals surface area contributed by atoms with Gasteiger partial charge < -0.3 is 13.9 Å². The van der Waals surface area contributed by atoms with Crippen LogP contribution in [0, 0.1) is 25.2 Å². The molecule has 1 heterocycles. The zero-order valence-corrected chi connectivity index (χ0v) is 18.5. The normalized spacial score (nSPS) is 10.7. The highest BCUT2D eigenvalue weighted by atomic mass is 16.5. The molecule has 30 heavy (non-hydrogen) atoms. The third-order valence-corrected chi connectivity index (χ3v) is 4.75. The lowest BCUT2D eigenvalue weighted by molar-refractivity contribution is -0.117. The molecule has 0 saturated heterocycles. The molecule has 0 fully saturated rings. The molecule has 162 valence electrons. The third kappa shape index (κ3) is 6.01. The summed E-state index contributed by atoms with van der Waals surface area (Å²) in [5, 5.41) is 12.1. The van der Waals surface area contributed by atoms with Gasteiger partial charge in [-0.1, -0.05) is 19.9 Å². The van der Waals surface area contributed by atoms with E-state index in [1.165, 1.54) is 0 Å². The van der Waals surface area contributed by atoms with Crippen LogP contribution in [0.1, 0.15) is 49.1 Å². The van der Waals surface area contributed by atoms with Gasteiger partial charge in [0.1, 0.15) is 17.4 Å². The Kier molecular flexibility index (Phi) is 8.75. The van der Waals surface area contributed by atoms with Crippen molar-refractivity contribution in [1.82, 2.24) is 4.90 Å². The van der Waals surface area contributed by atoms with Crippen molar-refractivity contribution in [3.63, 3.8) is 0 Å². The molecule has 0 radical (unpaired) electrons. The van der Waals surface area contributed by atoms with Crippen LogP contribution in [0.15, 0.2) is 22.6 Å². The van der Waals surface area contributed by atoms with Crippen LogP contribution in [0.3, 0.4) is 0 Å². The molecule has 0 spiro atoms. The van der Waals surface area contributed by atoms with Crippen molar-refractivity contribution < 1.29 is 18.7 Å². The molecular weight excluding hydrogens is 382 g/mol. The number of hydrogen-bond acceptors (Lipinski definition) is 6. The van der Waals surface area contributed by atoms with Crippen LogP contribution in [-0.4, -0.2) is 37.6 Å². The van der Waals surface area contributed by atoms with Crippen molar-refractivity contribution >= 4 is 11.8 Å². The fourth-order valence-electron chi connectivity index (χ4n) is 3.15. The Bertz CT molecular complexity index is 899. The summed E-state index contributed by atoms with van der Waals surface area (Å²) in [7, 11) is 1.62. The Labute approximate surface area is 178 Å². The van der Waals surface area contributed by atoms with E-state index < -0.39 is 0 Å². The number of furan rings is 1. The van der Waals surface area contributed by atoms with Crippen LogP contribution in [0.25, 0.3) is 0 Å². The highest BCUT2D eigenvalue weighted by molar-refractivity contribution is 5.92. The van der Waals surface area contributed by atoms with Crippen LogP contribution in [0.4, 0.5) is 5.88 Å². The number of hydrogen-bond donors (Lipinski definition) is 1. The highest BCUT2D eigenvalue weighted by Gasteiger charge is 2.18. The van der Waals surface area contributed by atoms with E-state index in [9.17, 15) is 10.1 Å². The summed E-state index contributed by atoms with van der Waals surface area (Å²) in [6, 6.07) is 7.93. The maximum Gasteiger partial charge on any atom is 0.240 e. The van der Waals surface area contributed by atoms with Gasteiger partial charge in [-0.05, 0) is 50.9 Å². The summed E-state index contributed by atoms with van der Waals surface area (Å²) < 4.78 is 16.7. The Morgan fingerprint density at radius 2 is 2.00 bits per heavy atom. The molecular formula is C23H31N3O4. The van der Waals surface area contributed by atoms with Gasteiger partial charge in [0.2, 0.25) is 11.8 Å². The van der Waals surface area contributed by atoms with E-state index in [1.54, 1.807) is 21.0 Å². The molecule has 0 aliphatic heterocycles. The largest absolute Gasteiger partial charge is 0.493 e. The highest BCUT2D eigenvalue weighted by Crippen LogP contribution is 2.29. The number of nitrogens with one attached hydrogen (secondary N) is 1. The zero-order valence-electron chi connectivity index (χ0n) is 18.5. The summed E-state index contributed by atoms with van der Waals surface area (Å²) >= 11 is 0. The van der Waals surface area contributed by atoms with E-state index in [-0.39, 0.29) is 18.3 Å². The molecule has 2 aromatic rings. The van der Waals surface area contributed by atoms with Crippen molar-refractivity contribution in [2.24, 2.45) is 0 Å². The molecule has 7 nitrogen and oxygen atoms in total. The number of ether oxygens (including phenoxy) is 2. The predicted octanol–water partition coefficient (Wildman–Crippen LogP) is 4.42. The monoisotopic (exact) mass is 413 g/mol. The number of aryl methyl sites for hydroxylation is 1. The van der Waals surface area contributed by atoms with Crippen molar-refractivity contribution in [2.45, 2.75) is 47.1 Å². The smallest absolute Gasteiger partial charge is 0.240 e. The first kappa shape index (κ1) is 23.3. The third-order valence-electron chi connectivity index (χ3n) is 4.75. The SMILES string of the molecule is CCCOc1ccc(CN(CCC)CC(=O)Nc2oc(C)c(C)c2C#N)cc1OC. The summed E-state index contributed by atoms with van der Waals surface area (Å²) in [5.74, 6) is 2.03. The molecule has 0 aliphatic carbocycles. The molecule has 7 heteroatoms. The second-order valence-electron chi connectivity index (χ2n) is 7.19. The molecule has 1 amide bonds. The quantitative estimate of drug-likeness (QED) is 0.587. The Hall–Kier alpha value is -2.98. The van der Waals surface area contributed by atoms with Crippen LogP contribution >= 0.6 is 0 Å². The number of nitrogens with zero attached hydrogens (tertiary/aromatic N) is 2. The van der Waals surface area contributed by atoms with Gasteiger partial charge in [-0.15, -0.1) is 0 Å². The van der Waals surface area contributed by atoms with Crippen LogP contribution in [0.2, 0.25) is 0 Å². The second-order valence-corrected chi connectivity index (χ2v) is 7.19. The fourth-order valence-corrected chi connectivity index (χ4v) is 3.15. The van der Waals surface area contributed by atoms with Gasteiger partial charge in [-0.2, -0.15) is 5.26 Å². The van der Waals surface area contributed by atoms with Gasteiger partial charge in [0.25, 0.3) is 0 Å². The summed E-state index contributed by atoms with van der Waals surface area (Å²) in [5.41, 5.74) is 2.14. The maximum absolute atomic E-state index is 12.6. The van der Waals surface area contributed by atoms with Crippen LogP contribution in [-0.2, 0) is 11.3 Å². The first-order valence-corrected chi connectivity index (χ1v) is 10.2. The number of carbonyl (C=O) groups excluding carboxylic acids is 1. The number of nitriles is 1. The lowest BCUT2D eigenvalue weighted by Crippen LogP contribution is -2.33. The Morgan fingerprint density at radius 3 is 2.63 bits per heavy atom. The predicted molar refractivity (Wildman–Crippen MR) is 116 cm³/mol. The summed E-state index contributed by atoms with van der Waals surface area (Å²) in [6.45, 7) is 9.87. The van der Waals surface area contributed by atoms with E-state index in [2.05, 4.69) is 25.2 Å². The number of benzene rings is 1. The number of carbonyl (C=O) groups is 1. The minimum Gasteiger partial charge on any atom is -0.493 e. The van der Waals surface area contributed by atoms with E-state index >= 15 is 0 Å². The van der Waals surface area contributed by atoms with Gasteiger partial charge in [-0.25, -0.2) is 0 Å². The molecule has 0 atom stereocenters. The lowest BCUT2D eigenvalue weighted by Gasteiger charge is -2.21. The van der Waals surface area contributed by atoms with Crippen LogP contribution < -0.4 is 14.8 Å². The molecule has 0 unspecified atom stereocenters. The average Bonchev–Trinajstić information content (AvgIpc) is 2.99. The molecule has 1 aromatic carbocycles. The van der Waals surface area contributed by atoms with Gasteiger partial charge in [0.15, 0.2) is 11.5 Å². The van der Waals surface area contributed by atoms with Crippen molar-refractivity contribution in [3.05, 3.63) is 40.6 Å². The van der Waals surface area contributed by atoms with E-state index in [0.717, 1.165) is 36.3 Å². The van der Waals surface area contributed by atoms with E-state index in [0.29, 0.717) is 30.2 Å². The second kappa shape index (κ2) is 11.3. The number of methoxy groups -OCH3 is 1. The topological polar surface area (TPSA) is 87.7 Å². The van der Waals surface area contributed by atoms with Crippen molar-refractivity contribution in [1.29, 1.82) is 5.26 Å². The van der Waals surface area contributed by atoms with Crippen molar-refractivity contribution in [3.8, 4) is 17.6 Å². The maximum atomic E-state index is 12.6. The fraction of sp³-hybridized carbons (Fsp3) is 0.478. The summed E-state index contributed by atoms with van der Waals surface area (Å²) in [6.07, 6.45) is 1.83. The first-order chi connectivity index (χ1) is 14.4. The standard InChI is InChI=1S/C23H31N3O4/c1-6-10-26(14-18-8-9-20(29-11-7-2)21(12-18)28-5)15-22(27)25-23-19(13-24)16(3)17(4)30-23/h8-9,12H,6-7,10-11,14-15H2,1-5H3,(H,25,27). The lowest BCUT2D eigenvalue weighted by atomic mass is 10.1. The minimum absolute atomic E-state index is 0.188. The molecule has 1 aromatic heterocycles. The molecule has 1 N–H and O–H groups in total. The number of anilines is 1. The Morgan fingerprint density at radius 1 is 1.23 bits per heavy atom. The van der Waals surface area contributed by atoms with E-state index in [4.69, 9.17) is 13.9 Å².